The number of aryl methyl sites for hydroxylation is 1. The lowest BCUT2D eigenvalue weighted by atomic mass is 9.84. The van der Waals surface area contributed by atoms with Crippen molar-refractivity contribution in [1.82, 2.24) is 4.57 Å². The van der Waals surface area contributed by atoms with Crippen molar-refractivity contribution in [3.05, 3.63) is 23.0 Å². The molecule has 0 aliphatic heterocycles. The van der Waals surface area contributed by atoms with Crippen molar-refractivity contribution in [1.29, 1.82) is 0 Å². The van der Waals surface area contributed by atoms with E-state index in [1.54, 1.807) is 0 Å². The van der Waals surface area contributed by atoms with Gasteiger partial charge in [-0.1, -0.05) is 19.3 Å². The second kappa shape index (κ2) is 5.07. The number of nitrogens with zero attached hydrogens (tertiary/aromatic N) is 1. The molecule has 1 atom stereocenters. The first-order valence-corrected chi connectivity index (χ1v) is 6.78. The molecule has 0 saturated heterocycles. The molecular formula is C15H23NO. The number of aromatic nitrogens is 1. The molecule has 0 radical (unpaired) electrons. The lowest BCUT2D eigenvalue weighted by molar-refractivity contribution is 0.112. The van der Waals surface area contributed by atoms with Crippen LogP contribution in [0.5, 0.6) is 0 Å². The molecule has 1 aliphatic carbocycles. The first-order chi connectivity index (χ1) is 8.15. The molecule has 2 rings (SSSR count). The van der Waals surface area contributed by atoms with Gasteiger partial charge < -0.3 is 4.57 Å². The average molecular weight is 233 g/mol. The molecule has 1 aromatic heterocycles. The highest BCUT2D eigenvalue weighted by Gasteiger charge is 2.23. The van der Waals surface area contributed by atoms with E-state index < -0.39 is 0 Å². The molecule has 1 saturated carbocycles. The Morgan fingerprint density at radius 2 is 1.94 bits per heavy atom. The predicted molar refractivity (Wildman–Crippen MR) is 70.6 cm³/mol. The number of rotatable bonds is 3. The Morgan fingerprint density at radius 1 is 1.29 bits per heavy atom. The van der Waals surface area contributed by atoms with Crippen LogP contribution in [-0.2, 0) is 0 Å². The summed E-state index contributed by atoms with van der Waals surface area (Å²) in [6, 6.07) is 2.55. The van der Waals surface area contributed by atoms with Crippen LogP contribution in [0.25, 0.3) is 0 Å². The summed E-state index contributed by atoms with van der Waals surface area (Å²) < 4.78 is 2.36. The van der Waals surface area contributed by atoms with Crippen LogP contribution in [0.1, 0.15) is 66.8 Å². The summed E-state index contributed by atoms with van der Waals surface area (Å²) in [4.78, 5) is 11.0. The summed E-state index contributed by atoms with van der Waals surface area (Å²) in [6.07, 6.45) is 7.80. The average Bonchev–Trinajstić information content (AvgIpc) is 2.64. The molecule has 1 unspecified atom stereocenters. The van der Waals surface area contributed by atoms with Gasteiger partial charge in [0.05, 0.1) is 0 Å². The summed E-state index contributed by atoms with van der Waals surface area (Å²) in [6.45, 7) is 6.49. The zero-order valence-corrected chi connectivity index (χ0v) is 11.2. The summed E-state index contributed by atoms with van der Waals surface area (Å²) in [5, 5.41) is 0. The lowest BCUT2D eigenvalue weighted by Crippen LogP contribution is -2.21. The maximum absolute atomic E-state index is 11.0. The zero-order chi connectivity index (χ0) is 12.4. The van der Waals surface area contributed by atoms with Crippen molar-refractivity contribution in [3.63, 3.8) is 0 Å². The Hall–Kier alpha value is -1.05. The molecule has 0 bridgehead atoms. The van der Waals surface area contributed by atoms with Crippen LogP contribution in [0, 0.1) is 19.8 Å². The highest BCUT2D eigenvalue weighted by molar-refractivity contribution is 5.77. The molecule has 0 N–H and O–H groups in total. The fraction of sp³-hybridized carbons (Fsp3) is 0.667. The number of carbonyl (C=O) groups excluding carboxylic acids is 1. The summed E-state index contributed by atoms with van der Waals surface area (Å²) >= 11 is 0. The molecule has 17 heavy (non-hydrogen) atoms. The monoisotopic (exact) mass is 233 g/mol. The molecule has 94 valence electrons. The van der Waals surface area contributed by atoms with Gasteiger partial charge in [0.2, 0.25) is 0 Å². The Bertz CT molecular complexity index is 399. The van der Waals surface area contributed by atoms with E-state index in [1.165, 1.54) is 37.8 Å². The third-order valence-electron chi connectivity index (χ3n) is 4.39. The Balaban J connectivity index is 2.26. The third kappa shape index (κ3) is 2.31. The third-order valence-corrected chi connectivity index (χ3v) is 4.39. The molecule has 1 heterocycles. The molecule has 0 amide bonds. The van der Waals surface area contributed by atoms with Gasteiger partial charge in [0.15, 0.2) is 6.29 Å². The molecule has 2 heteroatoms. The molecule has 1 fully saturated rings. The van der Waals surface area contributed by atoms with Crippen molar-refractivity contribution in [2.24, 2.45) is 5.92 Å². The largest absolute Gasteiger partial charge is 0.345 e. The van der Waals surface area contributed by atoms with Gasteiger partial charge in [0, 0.05) is 23.0 Å². The Morgan fingerprint density at radius 3 is 2.47 bits per heavy atom. The standard InChI is InChI=1S/C15H23NO/c1-11-9-15(10-17)13(3)16(11)12(2)14-7-5-4-6-8-14/h9-10,12,14H,4-8H2,1-3H3. The van der Waals surface area contributed by atoms with Crippen molar-refractivity contribution in [2.45, 2.75) is 58.9 Å². The van der Waals surface area contributed by atoms with Crippen molar-refractivity contribution >= 4 is 6.29 Å². The molecule has 1 aliphatic rings. The van der Waals surface area contributed by atoms with E-state index in [2.05, 4.69) is 25.3 Å². The van der Waals surface area contributed by atoms with Crippen LogP contribution >= 0.6 is 0 Å². The smallest absolute Gasteiger partial charge is 0.151 e. The maximum atomic E-state index is 11.0. The van der Waals surface area contributed by atoms with Gasteiger partial charge in [-0.3, -0.25) is 4.79 Å². The van der Waals surface area contributed by atoms with Crippen molar-refractivity contribution < 1.29 is 4.79 Å². The molecular weight excluding hydrogens is 210 g/mol. The van der Waals surface area contributed by atoms with E-state index in [0.717, 1.165) is 23.5 Å². The molecule has 0 aromatic carbocycles. The highest BCUT2D eigenvalue weighted by Crippen LogP contribution is 2.34. The predicted octanol–water partition coefficient (Wildman–Crippen LogP) is 4.06. The number of aldehydes is 1. The van der Waals surface area contributed by atoms with Crippen LogP contribution in [0.2, 0.25) is 0 Å². The van der Waals surface area contributed by atoms with Crippen LogP contribution in [0.4, 0.5) is 0 Å². The number of hydrogen-bond acceptors (Lipinski definition) is 1. The second-order valence-electron chi connectivity index (χ2n) is 5.45. The van der Waals surface area contributed by atoms with Gasteiger partial charge in [0.1, 0.15) is 0 Å². The summed E-state index contributed by atoms with van der Waals surface area (Å²) in [7, 11) is 0. The van der Waals surface area contributed by atoms with Gasteiger partial charge in [-0.2, -0.15) is 0 Å². The van der Waals surface area contributed by atoms with E-state index in [-0.39, 0.29) is 0 Å². The van der Waals surface area contributed by atoms with Gasteiger partial charge in [-0.05, 0) is 45.6 Å². The summed E-state index contributed by atoms with van der Waals surface area (Å²) in [5.41, 5.74) is 3.21. The topological polar surface area (TPSA) is 22.0 Å². The van der Waals surface area contributed by atoms with Crippen LogP contribution in [0.15, 0.2) is 6.07 Å². The first-order valence-electron chi connectivity index (χ1n) is 6.78. The Labute approximate surface area is 104 Å². The Kier molecular flexibility index (Phi) is 3.70. The van der Waals surface area contributed by atoms with Gasteiger partial charge in [-0.25, -0.2) is 0 Å². The second-order valence-corrected chi connectivity index (χ2v) is 5.45. The van der Waals surface area contributed by atoms with Gasteiger partial charge in [-0.15, -0.1) is 0 Å². The van der Waals surface area contributed by atoms with Gasteiger partial charge >= 0.3 is 0 Å². The summed E-state index contributed by atoms with van der Waals surface area (Å²) in [5.74, 6) is 0.785. The SMILES string of the molecule is Cc1cc(C=O)c(C)n1C(C)C1CCCCC1. The minimum absolute atomic E-state index is 0.531. The van der Waals surface area contributed by atoms with Crippen LogP contribution in [-0.4, -0.2) is 10.9 Å². The maximum Gasteiger partial charge on any atom is 0.151 e. The van der Waals surface area contributed by atoms with Crippen molar-refractivity contribution in [3.8, 4) is 0 Å². The normalized spacial score (nSPS) is 19.2. The van der Waals surface area contributed by atoms with E-state index in [1.807, 2.05) is 6.07 Å². The minimum Gasteiger partial charge on any atom is -0.345 e. The van der Waals surface area contributed by atoms with Gasteiger partial charge in [0.25, 0.3) is 0 Å². The number of carbonyl (C=O) groups is 1. The van der Waals surface area contributed by atoms with E-state index >= 15 is 0 Å². The fourth-order valence-electron chi connectivity index (χ4n) is 3.38. The van der Waals surface area contributed by atoms with Crippen LogP contribution in [0.3, 0.4) is 0 Å². The van der Waals surface area contributed by atoms with Crippen LogP contribution < -0.4 is 0 Å². The quantitative estimate of drug-likeness (QED) is 0.722. The highest BCUT2D eigenvalue weighted by atomic mass is 16.1. The van der Waals surface area contributed by atoms with E-state index in [9.17, 15) is 4.79 Å². The zero-order valence-electron chi connectivity index (χ0n) is 11.2. The number of hydrogen-bond donors (Lipinski definition) is 0. The molecule has 2 nitrogen and oxygen atoms in total. The van der Waals surface area contributed by atoms with Crippen molar-refractivity contribution in [2.75, 3.05) is 0 Å². The molecule has 0 spiro atoms. The first kappa shape index (κ1) is 12.4. The minimum atomic E-state index is 0.531. The fourth-order valence-corrected chi connectivity index (χ4v) is 3.38. The van der Waals surface area contributed by atoms with E-state index in [0.29, 0.717) is 6.04 Å². The van der Waals surface area contributed by atoms with E-state index in [4.69, 9.17) is 0 Å². The lowest BCUT2D eigenvalue weighted by Gasteiger charge is -2.30. The molecule has 1 aromatic rings.